The fraction of sp³-hybridized carbons (Fsp3) is 0. The zero-order valence-electron chi connectivity index (χ0n) is 3.63. The fourth-order valence-electron chi connectivity index (χ4n) is 0.151. The van der Waals surface area contributed by atoms with Crippen LogP contribution in [0.3, 0.4) is 0 Å². The molecule has 0 aromatic heterocycles. The minimum Gasteiger partial charge on any atom is -0.412 e. The molecule has 8 heteroatoms. The third-order valence-electron chi connectivity index (χ3n) is 0.333. The molecule has 1 fully saturated rings. The van der Waals surface area contributed by atoms with Crippen LogP contribution >= 0.6 is 0 Å². The molecular weight excluding hydrogens is 176 g/mol. The fourth-order valence-corrected chi connectivity index (χ4v) is 2.86. The monoisotopic (exact) mass is 176 g/mol. The van der Waals surface area contributed by atoms with E-state index in [0.717, 1.165) is 0 Å². The van der Waals surface area contributed by atoms with E-state index in [1.54, 1.807) is 0 Å². The first-order valence-electron chi connectivity index (χ1n) is 1.63. The second-order valence-electron chi connectivity index (χ2n) is 0.742. The molecule has 0 bridgehead atoms. The minimum atomic E-state index is 0.0694. The Labute approximate surface area is 57.1 Å². The van der Waals surface area contributed by atoms with Crippen molar-refractivity contribution in [3.05, 3.63) is 0 Å². The first-order chi connectivity index (χ1) is 4.00. The summed E-state index contributed by atoms with van der Waals surface area (Å²) in [5, 5.41) is 0. The van der Waals surface area contributed by atoms with Crippen LogP contribution in [0, 0.1) is 0 Å². The normalized spacial score (nSPS) is 24.0. The van der Waals surface area contributed by atoms with Gasteiger partial charge in [-0.2, -0.15) is 0 Å². The summed E-state index contributed by atoms with van der Waals surface area (Å²) in [5.41, 5.74) is 0. The molecule has 0 atom stereocenters. The highest BCUT2D eigenvalue weighted by Gasteiger charge is 2.05. The van der Waals surface area contributed by atoms with E-state index in [2.05, 4.69) is 0 Å². The summed E-state index contributed by atoms with van der Waals surface area (Å²) < 4.78 is 19.3. The molecule has 1 rings (SSSR count). The van der Waals surface area contributed by atoms with Gasteiger partial charge in [-0.15, -0.1) is 0 Å². The van der Waals surface area contributed by atoms with Gasteiger partial charge in [0.2, 0.25) is 0 Å². The quantitative estimate of drug-likeness (QED) is 0.408. The van der Waals surface area contributed by atoms with Crippen molar-refractivity contribution < 1.29 is 16.5 Å². The van der Waals surface area contributed by atoms with Crippen molar-refractivity contribution in [2.24, 2.45) is 0 Å². The van der Waals surface area contributed by atoms with Crippen molar-refractivity contribution in [3.63, 3.8) is 0 Å². The molecule has 1 aliphatic rings. The highest BCUT2D eigenvalue weighted by Crippen LogP contribution is 1.79. The largest absolute Gasteiger partial charge is 0.412 e. The van der Waals surface area contributed by atoms with Crippen molar-refractivity contribution in [1.29, 1.82) is 0 Å². The average Bonchev–Trinajstić information content (AvgIpc) is 1.62. The SMILES string of the molecule is O1[Si]O[Si]O[Si]O[Si]1. The van der Waals surface area contributed by atoms with Gasteiger partial charge in [-0.1, -0.05) is 0 Å². The third-order valence-corrected chi connectivity index (χ3v) is 3.00. The Hall–Kier alpha value is 0.708. The van der Waals surface area contributed by atoms with Gasteiger partial charge >= 0.3 is 40.0 Å². The molecule has 0 unspecified atom stereocenters. The molecule has 1 aliphatic heterocycles. The maximum absolute atomic E-state index is 4.82. The van der Waals surface area contributed by atoms with Gasteiger partial charge in [-0.3, -0.25) is 0 Å². The van der Waals surface area contributed by atoms with Gasteiger partial charge in [0.15, 0.2) is 0 Å². The van der Waals surface area contributed by atoms with E-state index in [1.165, 1.54) is 0 Å². The number of hydrogen-bond acceptors (Lipinski definition) is 4. The zero-order valence-corrected chi connectivity index (χ0v) is 7.63. The molecule has 0 amide bonds. The maximum atomic E-state index is 4.82. The van der Waals surface area contributed by atoms with E-state index in [-0.39, 0.29) is 40.0 Å². The van der Waals surface area contributed by atoms with Gasteiger partial charge in [0.1, 0.15) is 0 Å². The lowest BCUT2D eigenvalue weighted by molar-refractivity contribution is 0.347. The summed E-state index contributed by atoms with van der Waals surface area (Å²) in [4.78, 5) is 0. The summed E-state index contributed by atoms with van der Waals surface area (Å²) in [5.74, 6) is 0. The minimum absolute atomic E-state index is 0.0694. The first kappa shape index (κ1) is 6.82. The Kier molecular flexibility index (Phi) is 3.90. The Morgan fingerprint density at radius 2 is 0.750 bits per heavy atom. The van der Waals surface area contributed by atoms with Gasteiger partial charge in [0, 0.05) is 0 Å². The van der Waals surface area contributed by atoms with Crippen LogP contribution in [0.25, 0.3) is 0 Å². The molecular formula is O4Si4. The maximum Gasteiger partial charge on any atom is 0.412 e. The van der Waals surface area contributed by atoms with Crippen molar-refractivity contribution in [1.82, 2.24) is 0 Å². The summed E-state index contributed by atoms with van der Waals surface area (Å²) in [6, 6.07) is 0. The molecule has 0 aromatic carbocycles. The highest BCUT2D eigenvalue weighted by molar-refractivity contribution is 6.50. The molecule has 1 saturated heterocycles. The lowest BCUT2D eigenvalue weighted by Gasteiger charge is -2.04. The predicted octanol–water partition coefficient (Wildman–Crippen LogP) is -1.80. The van der Waals surface area contributed by atoms with Crippen LogP contribution in [0.15, 0.2) is 0 Å². The predicted molar refractivity (Wildman–Crippen MR) is 27.4 cm³/mol. The second kappa shape index (κ2) is 4.57. The van der Waals surface area contributed by atoms with E-state index in [9.17, 15) is 0 Å². The average molecular weight is 176 g/mol. The number of rotatable bonds is 0. The Morgan fingerprint density at radius 3 is 1.00 bits per heavy atom. The summed E-state index contributed by atoms with van der Waals surface area (Å²) in [6.45, 7) is 0. The highest BCUT2D eigenvalue weighted by atomic mass is 28.4. The van der Waals surface area contributed by atoms with Crippen molar-refractivity contribution >= 4 is 40.0 Å². The summed E-state index contributed by atoms with van der Waals surface area (Å²) in [7, 11) is 0.278. The molecule has 4 nitrogen and oxygen atoms in total. The summed E-state index contributed by atoms with van der Waals surface area (Å²) in [6.07, 6.45) is 0. The molecule has 0 aliphatic carbocycles. The smallest absolute Gasteiger partial charge is 0.412 e. The van der Waals surface area contributed by atoms with Crippen LogP contribution in [0.4, 0.5) is 0 Å². The topological polar surface area (TPSA) is 36.9 Å². The van der Waals surface area contributed by atoms with Crippen LogP contribution < -0.4 is 0 Å². The van der Waals surface area contributed by atoms with Crippen LogP contribution in [-0.2, 0) is 16.5 Å². The van der Waals surface area contributed by atoms with Gasteiger partial charge in [0.05, 0.1) is 0 Å². The van der Waals surface area contributed by atoms with E-state index in [1.807, 2.05) is 0 Å². The van der Waals surface area contributed by atoms with Crippen molar-refractivity contribution in [3.8, 4) is 0 Å². The van der Waals surface area contributed by atoms with Gasteiger partial charge in [-0.25, -0.2) is 0 Å². The van der Waals surface area contributed by atoms with Gasteiger partial charge in [-0.05, 0) is 0 Å². The molecule has 8 heavy (non-hydrogen) atoms. The van der Waals surface area contributed by atoms with Crippen LogP contribution in [0.5, 0.6) is 0 Å². The molecule has 1 heterocycles. The Balaban J connectivity index is 2.00. The molecule has 40 valence electrons. The van der Waals surface area contributed by atoms with E-state index in [0.29, 0.717) is 0 Å². The van der Waals surface area contributed by atoms with Crippen molar-refractivity contribution in [2.45, 2.75) is 0 Å². The molecule has 0 aromatic rings. The Morgan fingerprint density at radius 1 is 0.500 bits per heavy atom. The van der Waals surface area contributed by atoms with Crippen LogP contribution in [0.2, 0.25) is 0 Å². The third kappa shape index (κ3) is 2.88. The zero-order chi connectivity index (χ0) is 5.66. The second-order valence-corrected chi connectivity index (χ2v) is 4.67. The van der Waals surface area contributed by atoms with E-state index < -0.39 is 0 Å². The lowest BCUT2D eigenvalue weighted by Crippen LogP contribution is -2.23. The standard InChI is InChI=1S/O4Si4/c1-5-2-7-4-8-3-6-1. The molecule has 8 radical (unpaired) electrons. The summed E-state index contributed by atoms with van der Waals surface area (Å²) >= 11 is 0. The van der Waals surface area contributed by atoms with Crippen LogP contribution in [-0.4, -0.2) is 40.0 Å². The molecule has 0 spiro atoms. The molecule has 0 N–H and O–H groups in total. The van der Waals surface area contributed by atoms with Gasteiger partial charge < -0.3 is 16.5 Å². The van der Waals surface area contributed by atoms with Crippen LogP contribution in [0.1, 0.15) is 0 Å². The van der Waals surface area contributed by atoms with E-state index in [4.69, 9.17) is 16.5 Å². The van der Waals surface area contributed by atoms with Gasteiger partial charge in [0.25, 0.3) is 0 Å². The van der Waals surface area contributed by atoms with Crippen molar-refractivity contribution in [2.75, 3.05) is 0 Å². The van der Waals surface area contributed by atoms with E-state index >= 15 is 0 Å². The Bertz CT molecular complexity index is 32.0. The lowest BCUT2D eigenvalue weighted by atomic mass is 15.7. The molecule has 0 saturated carbocycles. The number of hydrogen-bond donors (Lipinski definition) is 0. The first-order valence-corrected chi connectivity index (χ1v) is 4.90.